The molecule has 0 unspecified atom stereocenters. The van der Waals surface area contributed by atoms with Crippen molar-refractivity contribution in [2.45, 2.75) is 11.4 Å². The fraction of sp³-hybridized carbons (Fsp3) is 0.130. The van der Waals surface area contributed by atoms with E-state index in [2.05, 4.69) is 15.9 Å². The number of thioether (sulfide) groups is 1. The summed E-state index contributed by atoms with van der Waals surface area (Å²) in [4.78, 5) is 29.3. The molecule has 2 aliphatic rings. The number of benzene rings is 3. The fourth-order valence-electron chi connectivity index (χ4n) is 4.12. The van der Waals surface area contributed by atoms with Crippen LogP contribution >= 0.6 is 39.3 Å². The number of halogens is 2. The van der Waals surface area contributed by atoms with Gasteiger partial charge in [0.05, 0.1) is 18.0 Å². The van der Waals surface area contributed by atoms with Gasteiger partial charge in [-0.3, -0.25) is 14.5 Å². The predicted molar refractivity (Wildman–Crippen MR) is 125 cm³/mol. The molecule has 30 heavy (non-hydrogen) atoms. The van der Waals surface area contributed by atoms with Crippen molar-refractivity contribution in [1.29, 1.82) is 0 Å². The Hall–Kier alpha value is -2.28. The number of carbonyl (C=O) groups is 2. The summed E-state index contributed by atoms with van der Waals surface area (Å²) < 4.78 is 0.853. The molecule has 0 radical (unpaired) electrons. The normalized spacial score (nSPS) is 20.3. The summed E-state index contributed by atoms with van der Waals surface area (Å²) in [6.45, 7) is 0.346. The molecule has 0 aromatic heterocycles. The fourth-order valence-corrected chi connectivity index (χ4v) is 6.07. The van der Waals surface area contributed by atoms with E-state index in [1.807, 2.05) is 72.8 Å². The van der Waals surface area contributed by atoms with Crippen LogP contribution in [0.15, 0.2) is 77.3 Å². The minimum absolute atomic E-state index is 0.0825. The minimum atomic E-state index is -1.12. The maximum atomic E-state index is 14.0. The second-order valence-electron chi connectivity index (χ2n) is 7.14. The first-order chi connectivity index (χ1) is 14.5. The van der Waals surface area contributed by atoms with Crippen LogP contribution in [0, 0.1) is 0 Å². The molecule has 2 aliphatic heterocycles. The van der Waals surface area contributed by atoms with E-state index < -0.39 is 4.87 Å². The molecule has 1 fully saturated rings. The van der Waals surface area contributed by atoms with Crippen molar-refractivity contribution in [3.05, 3.63) is 93.4 Å². The molecule has 2 heterocycles. The Morgan fingerprint density at radius 1 is 1.00 bits per heavy atom. The van der Waals surface area contributed by atoms with Gasteiger partial charge in [0.1, 0.15) is 0 Å². The lowest BCUT2D eigenvalue weighted by Crippen LogP contribution is -2.49. The molecule has 0 bridgehead atoms. The molecule has 7 heteroatoms. The van der Waals surface area contributed by atoms with Crippen molar-refractivity contribution < 1.29 is 9.59 Å². The number of carbonyl (C=O) groups excluding carboxylic acids is 2. The number of rotatable bonds is 3. The van der Waals surface area contributed by atoms with Crippen molar-refractivity contribution >= 4 is 62.5 Å². The Labute approximate surface area is 191 Å². The summed E-state index contributed by atoms with van der Waals surface area (Å²) in [5.74, 6) is 0.0345. The van der Waals surface area contributed by atoms with E-state index >= 15 is 0 Å². The van der Waals surface area contributed by atoms with Crippen LogP contribution in [0.4, 0.5) is 11.4 Å². The quantitative estimate of drug-likeness (QED) is 0.472. The van der Waals surface area contributed by atoms with Gasteiger partial charge in [0.25, 0.3) is 5.91 Å². The number of hydrogen-bond acceptors (Lipinski definition) is 3. The van der Waals surface area contributed by atoms with E-state index in [9.17, 15) is 9.59 Å². The number of nitrogens with zero attached hydrogens (tertiary/aromatic N) is 2. The zero-order valence-electron chi connectivity index (χ0n) is 15.7. The SMILES string of the molecule is O=C1CS[C@@]2(C(=O)N(Cc3ccccc3Cl)c3ccccc32)N1c1cccc(Br)c1. The highest BCUT2D eigenvalue weighted by Crippen LogP contribution is 2.56. The van der Waals surface area contributed by atoms with Gasteiger partial charge < -0.3 is 4.90 Å². The van der Waals surface area contributed by atoms with Crippen molar-refractivity contribution in [3.8, 4) is 0 Å². The molecule has 1 atom stereocenters. The molecule has 1 spiro atoms. The van der Waals surface area contributed by atoms with Gasteiger partial charge in [-0.25, -0.2) is 0 Å². The van der Waals surface area contributed by atoms with Crippen molar-refractivity contribution in [2.24, 2.45) is 0 Å². The molecule has 5 rings (SSSR count). The highest BCUT2D eigenvalue weighted by molar-refractivity contribution is 9.10. The third kappa shape index (κ3) is 2.89. The number of amides is 2. The van der Waals surface area contributed by atoms with Gasteiger partial charge in [0.2, 0.25) is 10.8 Å². The first kappa shape index (κ1) is 19.7. The summed E-state index contributed by atoms with van der Waals surface area (Å²) in [5, 5.41) is 0.614. The van der Waals surface area contributed by atoms with Gasteiger partial charge in [0, 0.05) is 20.7 Å². The molecule has 2 amide bonds. The largest absolute Gasteiger partial charge is 0.304 e. The average Bonchev–Trinajstić information content (AvgIpc) is 3.21. The maximum absolute atomic E-state index is 14.0. The number of hydrogen-bond donors (Lipinski definition) is 0. The highest BCUT2D eigenvalue weighted by Gasteiger charge is 2.60. The van der Waals surface area contributed by atoms with E-state index in [0.717, 1.165) is 21.3 Å². The number of anilines is 2. The molecule has 0 N–H and O–H groups in total. The summed E-state index contributed by atoms with van der Waals surface area (Å²) in [6.07, 6.45) is 0. The molecule has 1 saturated heterocycles. The summed E-state index contributed by atoms with van der Waals surface area (Å²) >= 11 is 11.2. The molecule has 150 valence electrons. The van der Waals surface area contributed by atoms with Crippen LogP contribution in [0.2, 0.25) is 5.02 Å². The monoisotopic (exact) mass is 498 g/mol. The average molecular weight is 500 g/mol. The molecular weight excluding hydrogens is 484 g/mol. The smallest absolute Gasteiger partial charge is 0.269 e. The Morgan fingerprint density at radius 2 is 1.77 bits per heavy atom. The lowest BCUT2D eigenvalue weighted by molar-refractivity contribution is -0.123. The third-order valence-electron chi connectivity index (χ3n) is 5.42. The van der Waals surface area contributed by atoms with Crippen LogP contribution in [0.5, 0.6) is 0 Å². The standard InChI is InChI=1S/C23H16BrClN2O2S/c24-16-7-5-8-17(12-16)27-21(28)14-30-23(27)18-9-2-4-11-20(18)26(22(23)29)13-15-6-1-3-10-19(15)25/h1-12H,13-14H2/t23-/m0/s1. The molecule has 4 nitrogen and oxygen atoms in total. The lowest BCUT2D eigenvalue weighted by Gasteiger charge is -2.33. The van der Waals surface area contributed by atoms with Crippen molar-refractivity contribution in [1.82, 2.24) is 0 Å². The minimum Gasteiger partial charge on any atom is -0.304 e. The van der Waals surface area contributed by atoms with Gasteiger partial charge >= 0.3 is 0 Å². The van der Waals surface area contributed by atoms with E-state index in [4.69, 9.17) is 11.6 Å². The highest BCUT2D eigenvalue weighted by atomic mass is 79.9. The van der Waals surface area contributed by atoms with Gasteiger partial charge in [-0.2, -0.15) is 0 Å². The van der Waals surface area contributed by atoms with Crippen molar-refractivity contribution in [3.63, 3.8) is 0 Å². The van der Waals surface area contributed by atoms with E-state index in [1.54, 1.807) is 9.80 Å². The second kappa shape index (κ2) is 7.45. The van der Waals surface area contributed by atoms with E-state index in [1.165, 1.54) is 11.8 Å². The Kier molecular flexibility index (Phi) is 4.88. The van der Waals surface area contributed by atoms with Crippen LogP contribution < -0.4 is 9.80 Å². The van der Waals surface area contributed by atoms with Crippen molar-refractivity contribution in [2.75, 3.05) is 15.6 Å². The Morgan fingerprint density at radius 3 is 2.57 bits per heavy atom. The predicted octanol–water partition coefficient (Wildman–Crippen LogP) is 5.58. The van der Waals surface area contributed by atoms with E-state index in [0.29, 0.717) is 17.3 Å². The van der Waals surface area contributed by atoms with Gasteiger partial charge in [-0.1, -0.05) is 70.0 Å². The van der Waals surface area contributed by atoms with Crippen LogP contribution in [0.3, 0.4) is 0 Å². The first-order valence-corrected chi connectivity index (χ1v) is 11.6. The second-order valence-corrected chi connectivity index (χ2v) is 9.63. The third-order valence-corrected chi connectivity index (χ3v) is 7.66. The van der Waals surface area contributed by atoms with Crippen LogP contribution in [0.25, 0.3) is 0 Å². The molecule has 0 saturated carbocycles. The number of fused-ring (bicyclic) bond motifs is 2. The first-order valence-electron chi connectivity index (χ1n) is 9.40. The Bertz CT molecular complexity index is 1190. The van der Waals surface area contributed by atoms with Gasteiger partial charge in [0.15, 0.2) is 0 Å². The van der Waals surface area contributed by atoms with Crippen LogP contribution in [-0.2, 0) is 21.0 Å². The molecule has 0 aliphatic carbocycles. The topological polar surface area (TPSA) is 40.6 Å². The van der Waals surface area contributed by atoms with Gasteiger partial charge in [-0.15, -0.1) is 11.8 Å². The zero-order chi connectivity index (χ0) is 20.9. The lowest BCUT2D eigenvalue weighted by atomic mass is 10.0. The van der Waals surface area contributed by atoms with Crippen LogP contribution in [-0.4, -0.2) is 17.6 Å². The van der Waals surface area contributed by atoms with Crippen LogP contribution in [0.1, 0.15) is 11.1 Å². The van der Waals surface area contributed by atoms with E-state index in [-0.39, 0.29) is 17.6 Å². The molecule has 3 aromatic rings. The summed E-state index contributed by atoms with van der Waals surface area (Å²) in [7, 11) is 0. The van der Waals surface area contributed by atoms with Gasteiger partial charge in [-0.05, 0) is 35.9 Å². The maximum Gasteiger partial charge on any atom is 0.269 e. The zero-order valence-corrected chi connectivity index (χ0v) is 18.9. The molecule has 3 aromatic carbocycles. The summed E-state index contributed by atoms with van der Waals surface area (Å²) in [5.41, 5.74) is 3.20. The number of para-hydroxylation sites is 1. The Balaban J connectivity index is 1.66. The molecular formula is C23H16BrClN2O2S. The summed E-state index contributed by atoms with van der Waals surface area (Å²) in [6, 6.07) is 22.7.